The van der Waals surface area contributed by atoms with E-state index in [-0.39, 0.29) is 22.9 Å². The van der Waals surface area contributed by atoms with Gasteiger partial charge in [0.15, 0.2) is 0 Å². The Labute approximate surface area is 185 Å². The van der Waals surface area contributed by atoms with Crippen molar-refractivity contribution in [2.45, 2.75) is 19.5 Å². The van der Waals surface area contributed by atoms with Crippen molar-refractivity contribution in [1.29, 1.82) is 0 Å². The maximum Gasteiger partial charge on any atom is 0.417 e. The number of alkyl halides is 3. The van der Waals surface area contributed by atoms with E-state index in [0.29, 0.717) is 23.7 Å². The van der Waals surface area contributed by atoms with Crippen LogP contribution in [0.15, 0.2) is 48.7 Å². The second kappa shape index (κ2) is 9.44. The molecule has 0 spiro atoms. The zero-order valence-corrected chi connectivity index (χ0v) is 17.6. The number of hydrogen-bond acceptors (Lipinski definition) is 4. The first kappa shape index (κ1) is 23.3. The molecule has 0 saturated heterocycles. The standard InChI is InChI=1S/C22H17ClF4N2O3/c1-3-12-8-13(24)4-5-18(12)32-19-11-16(22(25,26)27)17(23)10-15(19)21(30)29-14-6-7-28-20(9-14)31-2/h4-11H,3H2,1-2H3,(H,28,29,30). The largest absolute Gasteiger partial charge is 0.481 e. The number of ether oxygens (including phenoxy) is 2. The topological polar surface area (TPSA) is 60.5 Å². The van der Waals surface area contributed by atoms with Crippen LogP contribution in [0.3, 0.4) is 0 Å². The lowest BCUT2D eigenvalue weighted by atomic mass is 10.1. The number of carbonyl (C=O) groups excluding carboxylic acids is 1. The highest BCUT2D eigenvalue weighted by atomic mass is 35.5. The van der Waals surface area contributed by atoms with Gasteiger partial charge in [-0.2, -0.15) is 13.2 Å². The van der Waals surface area contributed by atoms with E-state index in [2.05, 4.69) is 10.3 Å². The van der Waals surface area contributed by atoms with Gasteiger partial charge in [0.25, 0.3) is 5.91 Å². The van der Waals surface area contributed by atoms with Crippen molar-refractivity contribution >= 4 is 23.2 Å². The zero-order chi connectivity index (χ0) is 23.5. The molecule has 1 amide bonds. The molecule has 0 radical (unpaired) electrons. The number of hydrogen-bond donors (Lipinski definition) is 1. The molecule has 2 aromatic carbocycles. The number of nitrogens with zero attached hydrogens (tertiary/aromatic N) is 1. The monoisotopic (exact) mass is 468 g/mol. The second-order valence-electron chi connectivity index (χ2n) is 6.57. The van der Waals surface area contributed by atoms with Crippen LogP contribution >= 0.6 is 11.6 Å². The van der Waals surface area contributed by atoms with Gasteiger partial charge in [0, 0.05) is 18.0 Å². The lowest BCUT2D eigenvalue weighted by Gasteiger charge is -2.17. The van der Waals surface area contributed by atoms with Crippen LogP contribution in [-0.4, -0.2) is 18.0 Å². The van der Waals surface area contributed by atoms with Crippen LogP contribution < -0.4 is 14.8 Å². The van der Waals surface area contributed by atoms with Gasteiger partial charge in [-0.25, -0.2) is 9.37 Å². The van der Waals surface area contributed by atoms with E-state index >= 15 is 0 Å². The summed E-state index contributed by atoms with van der Waals surface area (Å²) in [6.07, 6.45) is -3.04. The van der Waals surface area contributed by atoms with Crippen LogP contribution in [0.4, 0.5) is 23.2 Å². The van der Waals surface area contributed by atoms with E-state index in [1.54, 1.807) is 6.92 Å². The number of pyridine rings is 1. The fourth-order valence-electron chi connectivity index (χ4n) is 2.87. The van der Waals surface area contributed by atoms with E-state index in [1.807, 2.05) is 0 Å². The number of aromatic nitrogens is 1. The maximum atomic E-state index is 13.6. The van der Waals surface area contributed by atoms with Crippen LogP contribution in [0, 0.1) is 5.82 Å². The molecule has 0 bridgehead atoms. The quantitative estimate of drug-likeness (QED) is 0.419. The van der Waals surface area contributed by atoms with Crippen molar-refractivity contribution in [3.05, 3.63) is 76.2 Å². The first-order valence-corrected chi connectivity index (χ1v) is 9.68. The Morgan fingerprint density at radius 3 is 2.53 bits per heavy atom. The highest BCUT2D eigenvalue weighted by Gasteiger charge is 2.35. The van der Waals surface area contributed by atoms with Gasteiger partial charge >= 0.3 is 6.18 Å². The van der Waals surface area contributed by atoms with E-state index < -0.39 is 28.5 Å². The number of amides is 1. The molecular formula is C22H17ClF4N2O3. The van der Waals surface area contributed by atoms with Crippen molar-refractivity contribution in [2.24, 2.45) is 0 Å². The van der Waals surface area contributed by atoms with Crippen LogP contribution in [-0.2, 0) is 12.6 Å². The summed E-state index contributed by atoms with van der Waals surface area (Å²) < 4.78 is 64.5. The van der Waals surface area contributed by atoms with Gasteiger partial charge in [-0.15, -0.1) is 0 Å². The van der Waals surface area contributed by atoms with Crippen molar-refractivity contribution in [1.82, 2.24) is 4.98 Å². The highest BCUT2D eigenvalue weighted by Crippen LogP contribution is 2.40. The number of anilines is 1. The van der Waals surface area contributed by atoms with E-state index in [4.69, 9.17) is 21.1 Å². The Hall–Kier alpha value is -3.33. The molecule has 0 fully saturated rings. The normalized spacial score (nSPS) is 11.2. The molecule has 0 aliphatic heterocycles. The van der Waals surface area contributed by atoms with Gasteiger partial charge in [-0.05, 0) is 48.4 Å². The minimum Gasteiger partial charge on any atom is -0.481 e. The third kappa shape index (κ3) is 5.28. The summed E-state index contributed by atoms with van der Waals surface area (Å²) in [5.41, 5.74) is -0.708. The van der Waals surface area contributed by atoms with E-state index in [9.17, 15) is 22.4 Å². The molecule has 1 N–H and O–H groups in total. The molecule has 0 aliphatic rings. The number of nitrogens with one attached hydrogen (secondary N) is 1. The number of aryl methyl sites for hydroxylation is 1. The van der Waals surface area contributed by atoms with Gasteiger partial charge in [0.05, 0.1) is 23.3 Å². The first-order chi connectivity index (χ1) is 15.1. The summed E-state index contributed by atoms with van der Waals surface area (Å²) >= 11 is 5.83. The van der Waals surface area contributed by atoms with Crippen molar-refractivity contribution < 1.29 is 31.8 Å². The Morgan fingerprint density at radius 2 is 1.88 bits per heavy atom. The zero-order valence-electron chi connectivity index (χ0n) is 16.9. The summed E-state index contributed by atoms with van der Waals surface area (Å²) in [6.45, 7) is 1.73. The summed E-state index contributed by atoms with van der Waals surface area (Å²) in [6, 6.07) is 8.03. The lowest BCUT2D eigenvalue weighted by molar-refractivity contribution is -0.137. The van der Waals surface area contributed by atoms with Crippen molar-refractivity contribution in [3.63, 3.8) is 0 Å². The molecule has 10 heteroatoms. The summed E-state index contributed by atoms with van der Waals surface area (Å²) in [5.74, 6) is -1.34. The van der Waals surface area contributed by atoms with Crippen LogP contribution in [0.5, 0.6) is 17.4 Å². The summed E-state index contributed by atoms with van der Waals surface area (Å²) in [7, 11) is 1.39. The Bertz CT molecular complexity index is 1150. The van der Waals surface area contributed by atoms with Gasteiger partial charge in [0.2, 0.25) is 5.88 Å². The average molecular weight is 469 g/mol. The molecule has 3 rings (SSSR count). The molecule has 0 unspecified atom stereocenters. The first-order valence-electron chi connectivity index (χ1n) is 9.30. The third-order valence-corrected chi connectivity index (χ3v) is 4.76. The van der Waals surface area contributed by atoms with Crippen LogP contribution in [0.25, 0.3) is 0 Å². The molecule has 1 heterocycles. The van der Waals surface area contributed by atoms with Crippen LogP contribution in [0.1, 0.15) is 28.4 Å². The Balaban J connectivity index is 2.06. The van der Waals surface area contributed by atoms with Crippen molar-refractivity contribution in [2.75, 3.05) is 12.4 Å². The average Bonchev–Trinajstić information content (AvgIpc) is 2.75. The van der Waals surface area contributed by atoms with Gasteiger partial charge in [0.1, 0.15) is 17.3 Å². The highest BCUT2D eigenvalue weighted by molar-refractivity contribution is 6.32. The van der Waals surface area contributed by atoms with E-state index in [0.717, 1.165) is 12.1 Å². The second-order valence-corrected chi connectivity index (χ2v) is 6.98. The Morgan fingerprint density at radius 1 is 1.12 bits per heavy atom. The molecule has 0 saturated carbocycles. The number of rotatable bonds is 6. The molecule has 0 aliphatic carbocycles. The third-order valence-electron chi connectivity index (χ3n) is 4.44. The minimum absolute atomic E-state index is 0.115. The predicted molar refractivity (Wildman–Crippen MR) is 111 cm³/mol. The Kier molecular flexibility index (Phi) is 6.88. The number of benzene rings is 2. The van der Waals surface area contributed by atoms with Crippen molar-refractivity contribution in [3.8, 4) is 17.4 Å². The number of halogens is 5. The summed E-state index contributed by atoms with van der Waals surface area (Å²) in [4.78, 5) is 16.8. The molecular weight excluding hydrogens is 452 g/mol. The van der Waals surface area contributed by atoms with E-state index in [1.165, 1.54) is 37.6 Å². The fraction of sp³-hybridized carbons (Fsp3) is 0.182. The van der Waals surface area contributed by atoms with Gasteiger partial charge in [-0.3, -0.25) is 4.79 Å². The molecule has 1 aromatic heterocycles. The number of carbonyl (C=O) groups is 1. The molecule has 3 aromatic rings. The van der Waals surface area contributed by atoms with Gasteiger partial charge in [-0.1, -0.05) is 18.5 Å². The minimum atomic E-state index is -4.78. The molecule has 5 nitrogen and oxygen atoms in total. The smallest absolute Gasteiger partial charge is 0.417 e. The number of methoxy groups -OCH3 is 1. The summed E-state index contributed by atoms with van der Waals surface area (Å²) in [5, 5.41) is 1.87. The molecule has 168 valence electrons. The van der Waals surface area contributed by atoms with Gasteiger partial charge < -0.3 is 14.8 Å². The maximum absolute atomic E-state index is 13.6. The predicted octanol–water partition coefficient (Wildman–Crippen LogP) is 6.51. The molecule has 0 atom stereocenters. The van der Waals surface area contributed by atoms with Crippen LogP contribution in [0.2, 0.25) is 5.02 Å². The fourth-order valence-corrected chi connectivity index (χ4v) is 3.14. The SMILES string of the molecule is CCc1cc(F)ccc1Oc1cc(C(F)(F)F)c(Cl)cc1C(=O)Nc1ccnc(OC)c1. The molecule has 32 heavy (non-hydrogen) atoms. The lowest BCUT2D eigenvalue weighted by Crippen LogP contribution is -2.15.